The first-order valence-electron chi connectivity index (χ1n) is 7.84. The van der Waals surface area contributed by atoms with E-state index >= 15 is 0 Å². The number of aliphatic carboxylic acids is 1. The van der Waals surface area contributed by atoms with Crippen LogP contribution in [0.25, 0.3) is 5.69 Å². The number of carboxylic acid groups (broad SMARTS) is 1. The van der Waals surface area contributed by atoms with Crippen molar-refractivity contribution in [1.29, 1.82) is 0 Å². The molecular formula is C17H18ClN3O4. The summed E-state index contributed by atoms with van der Waals surface area (Å²) in [6.45, 7) is 4.34. The first-order valence-corrected chi connectivity index (χ1v) is 8.22. The molecule has 1 amide bonds. The van der Waals surface area contributed by atoms with Gasteiger partial charge in [0, 0.05) is 12.1 Å². The Bertz CT molecular complexity index is 816. The smallest absolute Gasteiger partial charge is 0.334 e. The van der Waals surface area contributed by atoms with Gasteiger partial charge in [-0.1, -0.05) is 11.6 Å². The Morgan fingerprint density at radius 1 is 1.28 bits per heavy atom. The lowest BCUT2D eigenvalue weighted by Crippen LogP contribution is -2.48. The van der Waals surface area contributed by atoms with Crippen LogP contribution in [0.4, 0.5) is 0 Å². The normalized spacial score (nSPS) is 17.6. The first-order chi connectivity index (χ1) is 11.9. The van der Waals surface area contributed by atoms with Crippen molar-refractivity contribution in [2.75, 3.05) is 19.7 Å². The third-order valence-electron chi connectivity index (χ3n) is 4.19. The summed E-state index contributed by atoms with van der Waals surface area (Å²) in [7, 11) is 0. The largest absolute Gasteiger partial charge is 0.479 e. The van der Waals surface area contributed by atoms with Gasteiger partial charge < -0.3 is 14.7 Å². The van der Waals surface area contributed by atoms with Gasteiger partial charge in [0.25, 0.3) is 5.91 Å². The molecule has 1 atom stereocenters. The van der Waals surface area contributed by atoms with Crippen molar-refractivity contribution in [2.24, 2.45) is 0 Å². The van der Waals surface area contributed by atoms with E-state index in [4.69, 9.17) is 21.4 Å². The predicted octanol–water partition coefficient (Wildman–Crippen LogP) is 2.07. The number of carboxylic acids is 1. The molecule has 3 rings (SSSR count). The highest BCUT2D eigenvalue weighted by molar-refractivity contribution is 6.31. The molecular weight excluding hydrogens is 346 g/mol. The van der Waals surface area contributed by atoms with Crippen LogP contribution in [-0.2, 0) is 9.53 Å². The molecule has 132 valence electrons. The highest BCUT2D eigenvalue weighted by atomic mass is 35.5. The molecule has 1 aliphatic rings. The van der Waals surface area contributed by atoms with Crippen molar-refractivity contribution in [2.45, 2.75) is 20.0 Å². The van der Waals surface area contributed by atoms with Crippen LogP contribution in [0.15, 0.2) is 24.3 Å². The summed E-state index contributed by atoms with van der Waals surface area (Å²) in [4.78, 5) is 25.1. The Kier molecular flexibility index (Phi) is 4.78. The van der Waals surface area contributed by atoms with Crippen molar-refractivity contribution in [3.63, 3.8) is 0 Å². The number of morpholine rings is 1. The summed E-state index contributed by atoms with van der Waals surface area (Å²) >= 11 is 6.17. The monoisotopic (exact) mass is 363 g/mol. The van der Waals surface area contributed by atoms with E-state index < -0.39 is 12.1 Å². The van der Waals surface area contributed by atoms with Gasteiger partial charge in [0.05, 0.1) is 35.2 Å². The second-order valence-corrected chi connectivity index (χ2v) is 6.27. The van der Waals surface area contributed by atoms with Crippen molar-refractivity contribution < 1.29 is 19.4 Å². The second kappa shape index (κ2) is 6.85. The van der Waals surface area contributed by atoms with Gasteiger partial charge in [-0.25, -0.2) is 9.48 Å². The van der Waals surface area contributed by atoms with E-state index in [1.807, 2.05) is 13.8 Å². The Hall–Kier alpha value is -2.38. The number of ether oxygens (including phenoxy) is 1. The number of carbonyl (C=O) groups is 2. The number of halogens is 1. The van der Waals surface area contributed by atoms with Gasteiger partial charge in [-0.15, -0.1) is 0 Å². The van der Waals surface area contributed by atoms with Gasteiger partial charge in [-0.2, -0.15) is 5.10 Å². The van der Waals surface area contributed by atoms with Crippen LogP contribution in [0.3, 0.4) is 0 Å². The quantitative estimate of drug-likeness (QED) is 0.902. The summed E-state index contributed by atoms with van der Waals surface area (Å²) < 4.78 is 6.87. The molecule has 1 aromatic carbocycles. The summed E-state index contributed by atoms with van der Waals surface area (Å²) in [5.74, 6) is -1.28. The average molecular weight is 364 g/mol. The Balaban J connectivity index is 1.79. The molecule has 25 heavy (non-hydrogen) atoms. The molecule has 0 spiro atoms. The highest BCUT2D eigenvalue weighted by Gasteiger charge is 2.29. The van der Waals surface area contributed by atoms with Gasteiger partial charge in [0.1, 0.15) is 0 Å². The van der Waals surface area contributed by atoms with Gasteiger partial charge >= 0.3 is 5.97 Å². The molecule has 8 heteroatoms. The van der Waals surface area contributed by atoms with E-state index in [0.717, 1.165) is 17.1 Å². The molecule has 0 aliphatic carbocycles. The van der Waals surface area contributed by atoms with E-state index in [9.17, 15) is 9.59 Å². The minimum Gasteiger partial charge on any atom is -0.479 e. The number of benzene rings is 1. The van der Waals surface area contributed by atoms with Crippen molar-refractivity contribution >= 4 is 23.5 Å². The Labute approximate surface area is 149 Å². The maximum absolute atomic E-state index is 12.6. The fourth-order valence-electron chi connectivity index (χ4n) is 2.79. The van der Waals surface area contributed by atoms with Gasteiger partial charge in [0.2, 0.25) is 0 Å². The fraction of sp³-hybridized carbons (Fsp3) is 0.353. The zero-order valence-corrected chi connectivity index (χ0v) is 14.7. The number of rotatable bonds is 3. The summed E-state index contributed by atoms with van der Waals surface area (Å²) in [5.41, 5.74) is 2.86. The topological polar surface area (TPSA) is 84.7 Å². The van der Waals surface area contributed by atoms with Crippen LogP contribution in [0.5, 0.6) is 0 Å². The van der Waals surface area contributed by atoms with Crippen molar-refractivity contribution in [1.82, 2.24) is 14.7 Å². The second-order valence-electron chi connectivity index (χ2n) is 5.89. The number of aryl methyl sites for hydroxylation is 1. The lowest BCUT2D eigenvalue weighted by molar-refractivity contribution is -0.154. The Morgan fingerprint density at radius 3 is 2.52 bits per heavy atom. The van der Waals surface area contributed by atoms with Crippen LogP contribution in [0, 0.1) is 13.8 Å². The van der Waals surface area contributed by atoms with Crippen molar-refractivity contribution in [3.8, 4) is 5.69 Å². The summed E-state index contributed by atoms with van der Waals surface area (Å²) in [6, 6.07) is 6.98. The number of nitrogens with zero attached hydrogens (tertiary/aromatic N) is 3. The third-order valence-corrected chi connectivity index (χ3v) is 4.74. The van der Waals surface area contributed by atoms with Crippen LogP contribution in [0.1, 0.15) is 21.7 Å². The minimum atomic E-state index is -1.06. The maximum Gasteiger partial charge on any atom is 0.334 e. The zero-order valence-electron chi connectivity index (χ0n) is 13.9. The van der Waals surface area contributed by atoms with Gasteiger partial charge in [-0.3, -0.25) is 4.79 Å². The van der Waals surface area contributed by atoms with E-state index in [1.54, 1.807) is 28.9 Å². The molecule has 1 saturated heterocycles. The minimum absolute atomic E-state index is 0.0446. The van der Waals surface area contributed by atoms with Crippen LogP contribution < -0.4 is 0 Å². The number of carbonyl (C=O) groups excluding carboxylic acids is 1. The molecule has 0 bridgehead atoms. The highest BCUT2D eigenvalue weighted by Crippen LogP contribution is 2.22. The molecule has 1 unspecified atom stereocenters. The molecule has 2 heterocycles. The fourth-order valence-corrected chi connectivity index (χ4v) is 2.90. The zero-order chi connectivity index (χ0) is 18.1. The molecule has 1 aliphatic heterocycles. The Morgan fingerprint density at radius 2 is 1.96 bits per heavy atom. The van der Waals surface area contributed by atoms with E-state index in [-0.39, 0.29) is 19.1 Å². The number of amides is 1. The summed E-state index contributed by atoms with van der Waals surface area (Å²) in [5, 5.41) is 14.0. The van der Waals surface area contributed by atoms with Crippen LogP contribution in [-0.4, -0.2) is 57.5 Å². The maximum atomic E-state index is 12.6. The molecule has 0 radical (unpaired) electrons. The number of aromatic nitrogens is 2. The van der Waals surface area contributed by atoms with Crippen LogP contribution in [0.2, 0.25) is 5.02 Å². The average Bonchev–Trinajstić information content (AvgIpc) is 2.89. The number of hydrogen-bond donors (Lipinski definition) is 1. The molecule has 1 fully saturated rings. The molecule has 7 nitrogen and oxygen atoms in total. The molecule has 0 saturated carbocycles. The molecule has 1 aromatic heterocycles. The molecule has 1 N–H and O–H groups in total. The SMILES string of the molecule is Cc1nn(-c2ccc(C(=O)N3CCOC(C(=O)O)C3)cc2)c(C)c1Cl. The summed E-state index contributed by atoms with van der Waals surface area (Å²) in [6.07, 6.45) is -0.978. The molecule has 2 aromatic rings. The lowest BCUT2D eigenvalue weighted by Gasteiger charge is -2.30. The van der Waals surface area contributed by atoms with Gasteiger partial charge in [-0.05, 0) is 38.1 Å². The first kappa shape index (κ1) is 17.4. The van der Waals surface area contributed by atoms with E-state index in [1.165, 1.54) is 4.90 Å². The van der Waals surface area contributed by atoms with E-state index in [2.05, 4.69) is 5.10 Å². The van der Waals surface area contributed by atoms with E-state index in [0.29, 0.717) is 17.1 Å². The van der Waals surface area contributed by atoms with Crippen molar-refractivity contribution in [3.05, 3.63) is 46.2 Å². The number of hydrogen-bond acceptors (Lipinski definition) is 4. The predicted molar refractivity (Wildman–Crippen MR) is 91.3 cm³/mol. The lowest BCUT2D eigenvalue weighted by atomic mass is 10.1. The standard InChI is InChI=1S/C17H18ClN3O4/c1-10-15(18)11(2)21(19-10)13-5-3-12(4-6-13)16(22)20-7-8-25-14(9-20)17(23)24/h3-6,14H,7-9H2,1-2H3,(H,23,24). The third kappa shape index (κ3) is 3.38. The van der Waals surface area contributed by atoms with Gasteiger partial charge in [0.15, 0.2) is 6.10 Å². The van der Waals surface area contributed by atoms with Crippen LogP contribution >= 0.6 is 11.6 Å².